The van der Waals surface area contributed by atoms with Gasteiger partial charge in [0.25, 0.3) is 0 Å². The Labute approximate surface area is 82.5 Å². The number of quaternary nitrogens is 2. The van der Waals surface area contributed by atoms with Crippen LogP contribution in [0.4, 0.5) is 0 Å². The minimum absolute atomic E-state index is 0.989. The lowest BCUT2D eigenvalue weighted by Crippen LogP contribution is -3.13. The van der Waals surface area contributed by atoms with Crippen LogP contribution < -0.4 is 10.6 Å². The van der Waals surface area contributed by atoms with E-state index < -0.39 is 0 Å². The first-order valence-corrected chi connectivity index (χ1v) is 5.95. The van der Waals surface area contributed by atoms with Crippen LogP contribution in [0.25, 0.3) is 0 Å². The highest BCUT2D eigenvalue weighted by atomic mass is 15.1. The molecular weight excluding hydrogens is 160 g/mol. The van der Waals surface area contributed by atoms with Gasteiger partial charge in [-0.05, 0) is 38.0 Å². The van der Waals surface area contributed by atoms with Crippen molar-refractivity contribution in [1.82, 2.24) is 0 Å². The van der Waals surface area contributed by atoms with Gasteiger partial charge >= 0.3 is 0 Å². The fraction of sp³-hybridized carbons (Fsp3) is 1.00. The first-order valence-electron chi connectivity index (χ1n) is 5.95. The van der Waals surface area contributed by atoms with E-state index in [2.05, 4.69) is 12.7 Å². The molecular formula is C11H26N2+2. The van der Waals surface area contributed by atoms with Crippen LogP contribution in [0.3, 0.4) is 0 Å². The lowest BCUT2D eigenvalue weighted by atomic mass is 9.99. The summed E-state index contributed by atoms with van der Waals surface area (Å²) < 4.78 is 0. The molecule has 1 aliphatic rings. The molecule has 1 aliphatic heterocycles. The van der Waals surface area contributed by atoms with Gasteiger partial charge in [0, 0.05) is 0 Å². The third-order valence-corrected chi connectivity index (χ3v) is 3.26. The number of piperidine rings is 1. The van der Waals surface area contributed by atoms with Gasteiger partial charge in [0.15, 0.2) is 0 Å². The zero-order chi connectivity index (χ0) is 9.52. The molecule has 0 aromatic carbocycles. The standard InChI is InChI=1S/C11H24N2/c1-11-5-9-13(10-6-11)8-4-2-3-7-12/h11H,2-10,12H2,1H3/p+2. The van der Waals surface area contributed by atoms with Crippen molar-refractivity contribution in [2.45, 2.75) is 39.0 Å². The quantitative estimate of drug-likeness (QED) is 0.553. The van der Waals surface area contributed by atoms with E-state index in [0.717, 1.165) is 12.5 Å². The third-order valence-electron chi connectivity index (χ3n) is 3.26. The fourth-order valence-corrected chi connectivity index (χ4v) is 2.15. The molecule has 13 heavy (non-hydrogen) atoms. The van der Waals surface area contributed by atoms with Crippen LogP contribution in [0.15, 0.2) is 0 Å². The van der Waals surface area contributed by atoms with Crippen LogP contribution in [0.2, 0.25) is 0 Å². The molecule has 0 atom stereocenters. The summed E-state index contributed by atoms with van der Waals surface area (Å²) in [4.78, 5) is 1.85. The molecule has 78 valence electrons. The van der Waals surface area contributed by atoms with Crippen molar-refractivity contribution >= 4 is 0 Å². The Morgan fingerprint density at radius 1 is 1.15 bits per heavy atom. The largest absolute Gasteiger partial charge is 0.358 e. The Morgan fingerprint density at radius 2 is 1.85 bits per heavy atom. The summed E-state index contributed by atoms with van der Waals surface area (Å²) in [5, 5.41) is 0. The van der Waals surface area contributed by atoms with Crippen LogP contribution in [0.5, 0.6) is 0 Å². The van der Waals surface area contributed by atoms with Crippen LogP contribution in [-0.4, -0.2) is 26.2 Å². The molecule has 2 heteroatoms. The molecule has 0 bridgehead atoms. The second-order valence-electron chi connectivity index (χ2n) is 4.60. The van der Waals surface area contributed by atoms with Crippen molar-refractivity contribution < 1.29 is 10.6 Å². The average Bonchev–Trinajstić information content (AvgIpc) is 2.15. The monoisotopic (exact) mass is 186 g/mol. The average molecular weight is 186 g/mol. The summed E-state index contributed by atoms with van der Waals surface area (Å²) in [5.74, 6) is 0.989. The summed E-state index contributed by atoms with van der Waals surface area (Å²) >= 11 is 0. The van der Waals surface area contributed by atoms with Gasteiger partial charge in [0.05, 0.1) is 26.2 Å². The molecule has 4 N–H and O–H groups in total. The topological polar surface area (TPSA) is 32.1 Å². The van der Waals surface area contributed by atoms with E-state index in [9.17, 15) is 0 Å². The van der Waals surface area contributed by atoms with E-state index in [1.165, 1.54) is 51.7 Å². The fourth-order valence-electron chi connectivity index (χ4n) is 2.15. The number of unbranched alkanes of at least 4 members (excludes halogenated alkanes) is 2. The Hall–Kier alpha value is -0.0800. The SMILES string of the molecule is CC1CC[NH+](CCCCC[NH3+])CC1. The molecule has 0 aromatic heterocycles. The van der Waals surface area contributed by atoms with E-state index in [4.69, 9.17) is 0 Å². The van der Waals surface area contributed by atoms with Gasteiger partial charge in [-0.3, -0.25) is 0 Å². The van der Waals surface area contributed by atoms with E-state index >= 15 is 0 Å². The highest BCUT2D eigenvalue weighted by Crippen LogP contribution is 2.06. The van der Waals surface area contributed by atoms with E-state index in [1.807, 2.05) is 4.90 Å². The number of rotatable bonds is 5. The van der Waals surface area contributed by atoms with Gasteiger partial charge in [-0.1, -0.05) is 6.92 Å². The van der Waals surface area contributed by atoms with Crippen molar-refractivity contribution in [3.63, 3.8) is 0 Å². The van der Waals surface area contributed by atoms with Crippen LogP contribution >= 0.6 is 0 Å². The number of hydrogen-bond acceptors (Lipinski definition) is 0. The highest BCUT2D eigenvalue weighted by molar-refractivity contribution is 4.55. The smallest absolute Gasteiger partial charge is 0.0773 e. The van der Waals surface area contributed by atoms with Crippen molar-refractivity contribution in [2.24, 2.45) is 5.92 Å². The van der Waals surface area contributed by atoms with Gasteiger partial charge in [-0.15, -0.1) is 0 Å². The molecule has 0 spiro atoms. The van der Waals surface area contributed by atoms with Crippen LogP contribution in [0, 0.1) is 5.92 Å². The second-order valence-corrected chi connectivity index (χ2v) is 4.60. The molecule has 0 unspecified atom stereocenters. The molecule has 1 fully saturated rings. The maximum atomic E-state index is 3.87. The normalized spacial score (nSPS) is 29.1. The van der Waals surface area contributed by atoms with Crippen molar-refractivity contribution in [1.29, 1.82) is 0 Å². The molecule has 0 radical (unpaired) electrons. The van der Waals surface area contributed by atoms with E-state index in [-0.39, 0.29) is 0 Å². The Bertz CT molecular complexity index is 117. The first-order chi connectivity index (χ1) is 6.33. The summed E-state index contributed by atoms with van der Waals surface area (Å²) in [7, 11) is 0. The van der Waals surface area contributed by atoms with Crippen molar-refractivity contribution in [3.8, 4) is 0 Å². The molecule has 2 nitrogen and oxygen atoms in total. The van der Waals surface area contributed by atoms with Gasteiger partial charge < -0.3 is 10.6 Å². The predicted molar refractivity (Wildman–Crippen MR) is 55.6 cm³/mol. The molecule has 0 amide bonds. The second kappa shape index (κ2) is 6.39. The molecule has 0 aliphatic carbocycles. The predicted octanol–water partition coefficient (Wildman–Crippen LogP) is -0.287. The van der Waals surface area contributed by atoms with Gasteiger partial charge in [0.2, 0.25) is 0 Å². The highest BCUT2D eigenvalue weighted by Gasteiger charge is 2.17. The van der Waals surface area contributed by atoms with Crippen LogP contribution in [0.1, 0.15) is 39.0 Å². The molecule has 0 aromatic rings. The zero-order valence-corrected chi connectivity index (χ0v) is 9.15. The van der Waals surface area contributed by atoms with Gasteiger partial charge in [-0.2, -0.15) is 0 Å². The van der Waals surface area contributed by atoms with E-state index in [0.29, 0.717) is 0 Å². The number of nitrogens with one attached hydrogen (secondary N) is 1. The Kier molecular flexibility index (Phi) is 5.40. The Morgan fingerprint density at radius 3 is 2.46 bits per heavy atom. The molecule has 1 heterocycles. The summed E-state index contributed by atoms with van der Waals surface area (Å²) in [5.41, 5.74) is 3.87. The zero-order valence-electron chi connectivity index (χ0n) is 9.15. The molecule has 1 saturated heterocycles. The van der Waals surface area contributed by atoms with Gasteiger partial charge in [0.1, 0.15) is 0 Å². The minimum Gasteiger partial charge on any atom is -0.358 e. The van der Waals surface area contributed by atoms with Crippen molar-refractivity contribution in [3.05, 3.63) is 0 Å². The lowest BCUT2D eigenvalue weighted by Gasteiger charge is -2.27. The lowest BCUT2D eigenvalue weighted by molar-refractivity contribution is -0.906. The maximum Gasteiger partial charge on any atom is 0.0773 e. The van der Waals surface area contributed by atoms with E-state index in [1.54, 1.807) is 0 Å². The summed E-state index contributed by atoms with van der Waals surface area (Å²) in [6.07, 6.45) is 7.03. The molecule has 1 rings (SSSR count). The number of likely N-dealkylation sites (tertiary alicyclic amines) is 1. The Balaban J connectivity index is 1.96. The summed E-state index contributed by atoms with van der Waals surface area (Å²) in [6.45, 7) is 7.76. The third kappa shape index (κ3) is 4.63. The first kappa shape index (κ1) is 11.0. The van der Waals surface area contributed by atoms with Gasteiger partial charge in [-0.25, -0.2) is 0 Å². The summed E-state index contributed by atoms with van der Waals surface area (Å²) in [6, 6.07) is 0. The molecule has 0 saturated carbocycles. The maximum absolute atomic E-state index is 3.87. The number of hydrogen-bond donors (Lipinski definition) is 2. The van der Waals surface area contributed by atoms with Crippen molar-refractivity contribution in [2.75, 3.05) is 26.2 Å². The van der Waals surface area contributed by atoms with Crippen LogP contribution in [-0.2, 0) is 0 Å². The minimum atomic E-state index is 0.989.